The van der Waals surface area contributed by atoms with E-state index >= 15 is 0 Å². The largest absolute Gasteiger partial charge is 0.391 e. The summed E-state index contributed by atoms with van der Waals surface area (Å²) >= 11 is 0. The maximum Gasteiger partial charge on any atom is 0.273 e. The van der Waals surface area contributed by atoms with Crippen LogP contribution in [0.1, 0.15) is 30.9 Å². The summed E-state index contributed by atoms with van der Waals surface area (Å²) in [5.41, 5.74) is 1.52. The second kappa shape index (κ2) is 7.51. The molecule has 33 heavy (non-hydrogen) atoms. The van der Waals surface area contributed by atoms with Crippen LogP contribution in [0.15, 0.2) is 41.3 Å². The molecular formula is C23H22F2N6O2. The molecule has 0 bridgehead atoms. The Hall–Kier alpha value is -3.53. The normalized spacial score (nSPS) is 21.1. The van der Waals surface area contributed by atoms with Crippen molar-refractivity contribution in [2.75, 3.05) is 29.4 Å². The lowest BCUT2D eigenvalue weighted by molar-refractivity contribution is 0.198. The number of aliphatic hydroxyl groups is 1. The maximum absolute atomic E-state index is 14.5. The molecular weight excluding hydrogens is 430 g/mol. The number of aromatic amines is 1. The molecule has 2 atom stereocenters. The van der Waals surface area contributed by atoms with Gasteiger partial charge >= 0.3 is 0 Å². The molecule has 170 valence electrons. The van der Waals surface area contributed by atoms with Gasteiger partial charge in [0.05, 0.1) is 17.5 Å². The summed E-state index contributed by atoms with van der Waals surface area (Å²) in [7, 11) is 0. The molecule has 2 fully saturated rings. The van der Waals surface area contributed by atoms with Gasteiger partial charge in [-0.2, -0.15) is 0 Å². The number of pyridine rings is 1. The van der Waals surface area contributed by atoms with Gasteiger partial charge in [-0.3, -0.25) is 4.79 Å². The average Bonchev–Trinajstić information content (AvgIpc) is 3.52. The molecule has 0 radical (unpaired) electrons. The van der Waals surface area contributed by atoms with E-state index in [1.54, 1.807) is 22.8 Å². The van der Waals surface area contributed by atoms with Gasteiger partial charge in [0, 0.05) is 31.4 Å². The third-order valence-corrected chi connectivity index (χ3v) is 6.62. The SMILES string of the molecule is O=c1[nH]c2nn3ccc(N4CCC[C@@H]4c4cc(F)ccc4F)nc3c2cc1N1CC[C@H](O)C1. The van der Waals surface area contributed by atoms with Crippen molar-refractivity contribution < 1.29 is 13.9 Å². The van der Waals surface area contributed by atoms with Gasteiger partial charge in [-0.15, -0.1) is 5.10 Å². The van der Waals surface area contributed by atoms with Crippen molar-refractivity contribution in [3.63, 3.8) is 0 Å². The number of anilines is 2. The summed E-state index contributed by atoms with van der Waals surface area (Å²) in [6, 6.07) is 6.79. The highest BCUT2D eigenvalue weighted by Crippen LogP contribution is 2.37. The molecule has 3 aromatic heterocycles. The lowest BCUT2D eigenvalue weighted by Gasteiger charge is -2.26. The molecule has 0 aliphatic carbocycles. The molecule has 2 aliphatic rings. The monoisotopic (exact) mass is 452 g/mol. The minimum atomic E-state index is -0.466. The van der Waals surface area contributed by atoms with E-state index < -0.39 is 17.7 Å². The van der Waals surface area contributed by atoms with Crippen molar-refractivity contribution in [1.82, 2.24) is 19.6 Å². The van der Waals surface area contributed by atoms with Gasteiger partial charge < -0.3 is 19.9 Å². The number of aliphatic hydroxyl groups excluding tert-OH is 1. The van der Waals surface area contributed by atoms with E-state index in [1.165, 1.54) is 6.07 Å². The molecule has 8 nitrogen and oxygen atoms in total. The maximum atomic E-state index is 14.5. The molecule has 2 saturated heterocycles. The number of fused-ring (bicyclic) bond motifs is 3. The zero-order valence-corrected chi connectivity index (χ0v) is 17.7. The topological polar surface area (TPSA) is 89.8 Å². The number of aromatic nitrogens is 4. The molecule has 5 heterocycles. The van der Waals surface area contributed by atoms with Crippen molar-refractivity contribution >= 4 is 28.2 Å². The smallest absolute Gasteiger partial charge is 0.273 e. The number of β-amino-alcohol motifs (C(OH)–C–C–N with tert-alkyl or cyclic N) is 1. The van der Waals surface area contributed by atoms with Crippen LogP contribution in [0.2, 0.25) is 0 Å². The summed E-state index contributed by atoms with van der Waals surface area (Å²) < 4.78 is 29.9. The Labute approximate surface area is 187 Å². The summed E-state index contributed by atoms with van der Waals surface area (Å²) in [5.74, 6) is -0.258. The molecule has 10 heteroatoms. The molecule has 4 aromatic rings. The van der Waals surface area contributed by atoms with Crippen LogP contribution in [-0.2, 0) is 0 Å². The van der Waals surface area contributed by atoms with Crippen LogP contribution in [0.25, 0.3) is 16.7 Å². The summed E-state index contributed by atoms with van der Waals surface area (Å²) in [6.45, 7) is 1.67. The van der Waals surface area contributed by atoms with E-state index in [0.29, 0.717) is 66.2 Å². The van der Waals surface area contributed by atoms with E-state index in [1.807, 2.05) is 9.80 Å². The van der Waals surface area contributed by atoms with E-state index in [9.17, 15) is 18.7 Å². The van der Waals surface area contributed by atoms with Gasteiger partial charge in [0.1, 0.15) is 23.1 Å². The fraction of sp³-hybridized carbons (Fsp3) is 0.348. The third-order valence-electron chi connectivity index (χ3n) is 6.62. The minimum Gasteiger partial charge on any atom is -0.391 e. The minimum absolute atomic E-state index is 0.263. The Morgan fingerprint density at radius 2 is 2.00 bits per heavy atom. The van der Waals surface area contributed by atoms with Crippen molar-refractivity contribution in [3.8, 4) is 0 Å². The summed E-state index contributed by atoms with van der Waals surface area (Å²) in [5, 5.41) is 15.0. The highest BCUT2D eigenvalue weighted by molar-refractivity contribution is 5.92. The molecule has 2 aliphatic heterocycles. The van der Waals surface area contributed by atoms with Crippen LogP contribution in [-0.4, -0.2) is 50.4 Å². The second-order valence-corrected chi connectivity index (χ2v) is 8.71. The Balaban J connectivity index is 1.44. The van der Waals surface area contributed by atoms with Gasteiger partial charge in [-0.25, -0.2) is 18.3 Å². The number of hydrogen-bond donors (Lipinski definition) is 2. The molecule has 0 saturated carbocycles. The standard InChI is InChI=1S/C23H22F2N6O2/c24-13-3-4-17(25)15(10-13)18-2-1-7-30(18)20-6-9-31-22(26-20)16-11-19(23(33)27-21(16)28-31)29-8-5-14(32)12-29/h3-4,6,9-11,14,18,32H,1-2,5,7-8,12H2,(H,27,28,33)/t14-,18+/m0/s1. The van der Waals surface area contributed by atoms with Crippen LogP contribution in [0.3, 0.4) is 0 Å². The van der Waals surface area contributed by atoms with Gasteiger partial charge in [-0.1, -0.05) is 0 Å². The first-order chi connectivity index (χ1) is 16.0. The van der Waals surface area contributed by atoms with Gasteiger partial charge in [0.2, 0.25) is 0 Å². The van der Waals surface area contributed by atoms with E-state index in [0.717, 1.165) is 18.6 Å². The lowest BCUT2D eigenvalue weighted by Crippen LogP contribution is -2.27. The molecule has 1 aromatic carbocycles. The highest BCUT2D eigenvalue weighted by Gasteiger charge is 2.30. The molecule has 6 rings (SSSR count). The number of benzene rings is 1. The lowest BCUT2D eigenvalue weighted by atomic mass is 10.0. The van der Waals surface area contributed by atoms with Gasteiger partial charge in [0.25, 0.3) is 5.56 Å². The van der Waals surface area contributed by atoms with Crippen molar-refractivity contribution in [3.05, 3.63) is 64.1 Å². The van der Waals surface area contributed by atoms with Crippen molar-refractivity contribution in [2.24, 2.45) is 0 Å². The van der Waals surface area contributed by atoms with Crippen LogP contribution in [0.5, 0.6) is 0 Å². The van der Waals surface area contributed by atoms with Crippen LogP contribution >= 0.6 is 0 Å². The van der Waals surface area contributed by atoms with E-state index in [2.05, 4.69) is 10.1 Å². The zero-order valence-electron chi connectivity index (χ0n) is 17.7. The fourth-order valence-corrected chi connectivity index (χ4v) is 5.03. The van der Waals surface area contributed by atoms with Gasteiger partial charge in [0.15, 0.2) is 11.3 Å². The highest BCUT2D eigenvalue weighted by atomic mass is 19.1. The van der Waals surface area contributed by atoms with Crippen molar-refractivity contribution in [2.45, 2.75) is 31.4 Å². The Bertz CT molecular complexity index is 1430. The van der Waals surface area contributed by atoms with Gasteiger partial charge in [-0.05, 0) is 49.6 Å². The van der Waals surface area contributed by atoms with Crippen LogP contribution in [0, 0.1) is 11.6 Å². The quantitative estimate of drug-likeness (QED) is 0.497. The number of nitrogens with one attached hydrogen (secondary N) is 1. The van der Waals surface area contributed by atoms with Crippen LogP contribution < -0.4 is 15.4 Å². The predicted molar refractivity (Wildman–Crippen MR) is 120 cm³/mol. The first-order valence-electron chi connectivity index (χ1n) is 11.0. The number of nitrogens with zero attached hydrogens (tertiary/aromatic N) is 5. The van der Waals surface area contributed by atoms with E-state index in [4.69, 9.17) is 4.98 Å². The average molecular weight is 452 g/mol. The Morgan fingerprint density at radius 1 is 1.12 bits per heavy atom. The Kier molecular flexibility index (Phi) is 4.58. The third kappa shape index (κ3) is 3.32. The first-order valence-corrected chi connectivity index (χ1v) is 11.0. The van der Waals surface area contributed by atoms with Crippen LogP contribution in [0.4, 0.5) is 20.3 Å². The molecule has 0 amide bonds. The number of rotatable bonds is 3. The zero-order chi connectivity index (χ0) is 22.7. The number of H-pyrrole nitrogens is 1. The molecule has 2 N–H and O–H groups in total. The molecule has 0 spiro atoms. The predicted octanol–water partition coefficient (Wildman–Crippen LogP) is 2.76. The summed E-state index contributed by atoms with van der Waals surface area (Å²) in [6.07, 6.45) is 3.45. The van der Waals surface area contributed by atoms with Crippen molar-refractivity contribution in [1.29, 1.82) is 0 Å². The Morgan fingerprint density at radius 3 is 2.82 bits per heavy atom. The number of hydrogen-bond acceptors (Lipinski definition) is 6. The number of halogens is 2. The fourth-order valence-electron chi connectivity index (χ4n) is 5.03. The molecule has 0 unspecified atom stereocenters. The first kappa shape index (κ1) is 20.1. The second-order valence-electron chi connectivity index (χ2n) is 8.71. The summed E-state index contributed by atoms with van der Waals surface area (Å²) in [4.78, 5) is 24.1. The van der Waals surface area contributed by atoms with E-state index in [-0.39, 0.29) is 11.6 Å².